The summed E-state index contributed by atoms with van der Waals surface area (Å²) in [7, 11) is 1.05. The number of ether oxygens (including phenoxy) is 2. The fraction of sp³-hybridized carbons (Fsp3) is 0.267. The normalized spacial score (nSPS) is 11.8. The van der Waals surface area contributed by atoms with Crippen molar-refractivity contribution in [1.82, 2.24) is 14.4 Å². The second-order valence-electron chi connectivity index (χ2n) is 5.53. The predicted octanol–water partition coefficient (Wildman–Crippen LogP) is 2.81. The number of rotatable bonds is 3. The van der Waals surface area contributed by atoms with E-state index in [-0.39, 0.29) is 34.7 Å². The number of hydrogen-bond donors (Lipinski definition) is 1. The maximum atomic E-state index is 13.2. The van der Waals surface area contributed by atoms with Gasteiger partial charge in [0, 0.05) is 6.07 Å². The number of H-pyrrole nitrogens is 1. The third-order valence-corrected chi connectivity index (χ3v) is 3.93. The second kappa shape index (κ2) is 6.51. The highest BCUT2D eigenvalue weighted by molar-refractivity contribution is 5.82. The molecule has 2 aromatic heterocycles. The molecule has 28 heavy (non-hydrogen) atoms. The molecule has 3 aromatic rings. The number of aryl methyl sites for hydroxylation is 1. The van der Waals surface area contributed by atoms with E-state index in [4.69, 9.17) is 4.74 Å². The number of nitrogens with zero attached hydrogens (tertiary/aromatic N) is 3. The van der Waals surface area contributed by atoms with Crippen molar-refractivity contribution in [3.8, 4) is 5.88 Å². The molecule has 2 heterocycles. The van der Waals surface area contributed by atoms with Gasteiger partial charge in [0.2, 0.25) is 11.5 Å². The van der Waals surface area contributed by atoms with Crippen LogP contribution in [-0.2, 0) is 17.3 Å². The molecule has 13 heteroatoms. The standard InChI is InChI=1S/C15H11F3N4O6/c1-3-8-13(28-14(24)27-2)20-11-12(23)19-7-4-6(15(16,17)18)9(22(25)26)5-10(7)21(8)11/h4-5H,3H2,1-2H3,(H,19,23). The molecule has 0 saturated carbocycles. The van der Waals surface area contributed by atoms with Crippen molar-refractivity contribution in [3.05, 3.63) is 43.9 Å². The zero-order valence-corrected chi connectivity index (χ0v) is 14.3. The molecule has 0 aliphatic heterocycles. The monoisotopic (exact) mass is 400 g/mol. The van der Waals surface area contributed by atoms with Gasteiger partial charge < -0.3 is 14.5 Å². The van der Waals surface area contributed by atoms with Crippen LogP contribution in [0.4, 0.5) is 23.7 Å². The van der Waals surface area contributed by atoms with Crippen molar-refractivity contribution in [2.24, 2.45) is 0 Å². The summed E-state index contributed by atoms with van der Waals surface area (Å²) in [6.07, 6.45) is -5.99. The van der Waals surface area contributed by atoms with E-state index in [0.717, 1.165) is 11.5 Å². The molecule has 3 rings (SSSR count). The lowest BCUT2D eigenvalue weighted by Crippen LogP contribution is -2.14. The lowest BCUT2D eigenvalue weighted by atomic mass is 10.1. The molecule has 0 unspecified atom stereocenters. The Balaban J connectivity index is 2.46. The first-order chi connectivity index (χ1) is 13.1. The van der Waals surface area contributed by atoms with Gasteiger partial charge in [-0.05, 0) is 12.5 Å². The number of nitro groups is 1. The van der Waals surface area contributed by atoms with E-state index < -0.39 is 34.1 Å². The number of carbonyl (C=O) groups is 1. The molecule has 0 radical (unpaired) electrons. The largest absolute Gasteiger partial charge is 0.514 e. The molecular formula is C15H11F3N4O6. The van der Waals surface area contributed by atoms with Crippen molar-refractivity contribution in [2.75, 3.05) is 7.11 Å². The maximum absolute atomic E-state index is 13.2. The minimum atomic E-state index is -5.01. The zero-order chi connectivity index (χ0) is 20.8. The summed E-state index contributed by atoms with van der Waals surface area (Å²) >= 11 is 0. The molecule has 0 fully saturated rings. The van der Waals surface area contributed by atoms with E-state index >= 15 is 0 Å². The quantitative estimate of drug-likeness (QED) is 0.407. The number of fused-ring (bicyclic) bond motifs is 3. The number of imidazole rings is 1. The highest BCUT2D eigenvalue weighted by Gasteiger charge is 2.39. The Morgan fingerprint density at radius 1 is 1.39 bits per heavy atom. The van der Waals surface area contributed by atoms with Gasteiger partial charge in [0.25, 0.3) is 11.2 Å². The van der Waals surface area contributed by atoms with E-state index in [1.807, 2.05) is 0 Å². The van der Waals surface area contributed by atoms with Crippen LogP contribution in [0.5, 0.6) is 5.88 Å². The molecule has 0 aliphatic rings. The zero-order valence-electron chi connectivity index (χ0n) is 14.3. The number of alkyl halides is 3. The van der Waals surface area contributed by atoms with Gasteiger partial charge in [-0.1, -0.05) is 6.92 Å². The van der Waals surface area contributed by atoms with Gasteiger partial charge in [0.05, 0.1) is 28.8 Å². The number of halogens is 3. The molecule has 148 valence electrons. The number of aromatic nitrogens is 3. The van der Waals surface area contributed by atoms with Crippen LogP contribution in [0, 0.1) is 10.1 Å². The van der Waals surface area contributed by atoms with Gasteiger partial charge in [-0.15, -0.1) is 0 Å². The molecule has 1 N–H and O–H groups in total. The smallest absolute Gasteiger partial charge is 0.437 e. The van der Waals surface area contributed by atoms with Crippen LogP contribution in [-0.4, -0.2) is 32.6 Å². The van der Waals surface area contributed by atoms with E-state index in [0.29, 0.717) is 12.1 Å². The molecule has 0 amide bonds. The summed E-state index contributed by atoms with van der Waals surface area (Å²) in [5.41, 5.74) is -4.15. The number of benzene rings is 1. The third kappa shape index (κ3) is 3.00. The molecule has 0 aliphatic carbocycles. The van der Waals surface area contributed by atoms with Crippen LogP contribution in [0.15, 0.2) is 16.9 Å². The minimum Gasteiger partial charge on any atom is -0.437 e. The average molecular weight is 400 g/mol. The van der Waals surface area contributed by atoms with Gasteiger partial charge in [-0.2, -0.15) is 18.2 Å². The summed E-state index contributed by atoms with van der Waals surface area (Å²) in [5, 5.41) is 11.2. The SMILES string of the molecule is CCc1c(OC(=O)OC)nc2c(=O)[nH]c3cc(C(F)(F)F)c([N+](=O)[O-])cc3n12. The summed E-state index contributed by atoms with van der Waals surface area (Å²) in [4.78, 5) is 39.8. The maximum Gasteiger partial charge on any atom is 0.514 e. The van der Waals surface area contributed by atoms with Crippen molar-refractivity contribution < 1.29 is 32.4 Å². The van der Waals surface area contributed by atoms with Crippen LogP contribution in [0.2, 0.25) is 0 Å². The van der Waals surface area contributed by atoms with Crippen LogP contribution in [0.1, 0.15) is 18.2 Å². The highest BCUT2D eigenvalue weighted by Crippen LogP contribution is 2.38. The van der Waals surface area contributed by atoms with Crippen molar-refractivity contribution in [2.45, 2.75) is 19.5 Å². The Labute approximate surface area is 152 Å². The van der Waals surface area contributed by atoms with Crippen molar-refractivity contribution >= 4 is 28.5 Å². The summed E-state index contributed by atoms with van der Waals surface area (Å²) in [5.74, 6) is -0.296. The lowest BCUT2D eigenvalue weighted by molar-refractivity contribution is -0.387. The Kier molecular flexibility index (Phi) is 4.45. The van der Waals surface area contributed by atoms with Crippen LogP contribution in [0.25, 0.3) is 16.7 Å². The van der Waals surface area contributed by atoms with E-state index in [2.05, 4.69) is 14.7 Å². The number of methoxy groups -OCH3 is 1. The summed E-state index contributed by atoms with van der Waals surface area (Å²) < 4.78 is 49.9. The van der Waals surface area contributed by atoms with Gasteiger partial charge in [0.1, 0.15) is 5.56 Å². The predicted molar refractivity (Wildman–Crippen MR) is 87.4 cm³/mol. The fourth-order valence-electron chi connectivity index (χ4n) is 2.78. The number of aromatic amines is 1. The fourth-order valence-corrected chi connectivity index (χ4v) is 2.78. The first kappa shape index (κ1) is 19.1. The first-order valence-corrected chi connectivity index (χ1v) is 7.67. The molecule has 0 spiro atoms. The van der Waals surface area contributed by atoms with Gasteiger partial charge in [-0.25, -0.2) is 4.79 Å². The highest BCUT2D eigenvalue weighted by atomic mass is 19.4. The molecule has 0 atom stereocenters. The Morgan fingerprint density at radius 2 is 2.07 bits per heavy atom. The van der Waals surface area contributed by atoms with E-state index in [1.165, 1.54) is 0 Å². The Hall–Kier alpha value is -3.64. The number of nitro benzene ring substituents is 1. The van der Waals surface area contributed by atoms with E-state index in [9.17, 15) is 32.9 Å². The molecule has 0 saturated heterocycles. The number of carbonyl (C=O) groups excluding carboxylic acids is 1. The van der Waals surface area contributed by atoms with Gasteiger partial charge >= 0.3 is 12.3 Å². The number of hydrogen-bond acceptors (Lipinski definition) is 7. The van der Waals surface area contributed by atoms with Crippen LogP contribution < -0.4 is 10.3 Å². The Morgan fingerprint density at radius 3 is 2.61 bits per heavy atom. The molecule has 1 aromatic carbocycles. The number of nitrogens with one attached hydrogen (secondary N) is 1. The van der Waals surface area contributed by atoms with E-state index in [1.54, 1.807) is 6.92 Å². The van der Waals surface area contributed by atoms with Crippen molar-refractivity contribution in [1.29, 1.82) is 0 Å². The van der Waals surface area contributed by atoms with Crippen molar-refractivity contribution in [3.63, 3.8) is 0 Å². The lowest BCUT2D eigenvalue weighted by Gasteiger charge is -2.10. The minimum absolute atomic E-state index is 0.113. The molecule has 0 bridgehead atoms. The average Bonchev–Trinajstić information content (AvgIpc) is 2.98. The summed E-state index contributed by atoms with van der Waals surface area (Å²) in [6.45, 7) is 1.61. The topological polar surface area (TPSA) is 129 Å². The Bertz CT molecular complexity index is 1180. The molecule has 10 nitrogen and oxygen atoms in total. The third-order valence-electron chi connectivity index (χ3n) is 3.93. The molecular weight excluding hydrogens is 389 g/mol. The summed E-state index contributed by atoms with van der Waals surface area (Å²) in [6, 6.07) is 1.17. The van der Waals surface area contributed by atoms with Crippen LogP contribution >= 0.6 is 0 Å². The van der Waals surface area contributed by atoms with Gasteiger partial charge in [-0.3, -0.25) is 19.3 Å². The second-order valence-corrected chi connectivity index (χ2v) is 5.53. The van der Waals surface area contributed by atoms with Gasteiger partial charge in [0.15, 0.2) is 0 Å². The van der Waals surface area contributed by atoms with Crippen LogP contribution in [0.3, 0.4) is 0 Å². The first-order valence-electron chi connectivity index (χ1n) is 7.67.